The van der Waals surface area contributed by atoms with Crippen LogP contribution in [0.4, 0.5) is 13.9 Å². The van der Waals surface area contributed by atoms with Crippen LogP contribution in [0.5, 0.6) is 5.75 Å². The SMILES string of the molecule is COc1ccc2nc(NC(=O)C3CC(F)(F)CN3)sc2c1.Cl. The molecule has 5 nitrogen and oxygen atoms in total. The van der Waals surface area contributed by atoms with Crippen molar-refractivity contribution in [2.24, 2.45) is 0 Å². The van der Waals surface area contributed by atoms with E-state index >= 15 is 0 Å². The molecule has 2 aromatic rings. The highest BCUT2D eigenvalue weighted by atomic mass is 35.5. The zero-order valence-electron chi connectivity index (χ0n) is 11.6. The van der Waals surface area contributed by atoms with Crippen LogP contribution >= 0.6 is 23.7 Å². The van der Waals surface area contributed by atoms with Gasteiger partial charge in [0.15, 0.2) is 5.13 Å². The van der Waals surface area contributed by atoms with Crippen LogP contribution in [0, 0.1) is 0 Å². The van der Waals surface area contributed by atoms with Crippen molar-refractivity contribution in [2.75, 3.05) is 19.0 Å². The highest BCUT2D eigenvalue weighted by molar-refractivity contribution is 7.22. The molecule has 1 saturated heterocycles. The van der Waals surface area contributed by atoms with Crippen LogP contribution in [0.3, 0.4) is 0 Å². The summed E-state index contributed by atoms with van der Waals surface area (Å²) in [6.07, 6.45) is -0.489. The minimum absolute atomic E-state index is 0. The van der Waals surface area contributed by atoms with E-state index in [2.05, 4.69) is 15.6 Å². The maximum Gasteiger partial charge on any atom is 0.262 e. The second-order valence-corrected chi connectivity index (χ2v) is 5.87. The summed E-state index contributed by atoms with van der Waals surface area (Å²) < 4.78 is 32.1. The molecule has 1 amide bonds. The number of halogens is 3. The van der Waals surface area contributed by atoms with Crippen molar-refractivity contribution in [1.82, 2.24) is 10.3 Å². The van der Waals surface area contributed by atoms with E-state index in [4.69, 9.17) is 4.74 Å². The summed E-state index contributed by atoms with van der Waals surface area (Å²) in [4.78, 5) is 16.2. The van der Waals surface area contributed by atoms with Gasteiger partial charge in [-0.2, -0.15) is 0 Å². The van der Waals surface area contributed by atoms with E-state index in [1.54, 1.807) is 19.2 Å². The molecule has 1 fully saturated rings. The molecule has 1 atom stereocenters. The van der Waals surface area contributed by atoms with Crippen molar-refractivity contribution in [2.45, 2.75) is 18.4 Å². The number of ether oxygens (including phenoxy) is 1. The van der Waals surface area contributed by atoms with Crippen molar-refractivity contribution >= 4 is 45.0 Å². The number of benzene rings is 1. The van der Waals surface area contributed by atoms with E-state index in [0.717, 1.165) is 10.2 Å². The third kappa shape index (κ3) is 3.45. The molecule has 0 aliphatic carbocycles. The lowest BCUT2D eigenvalue weighted by molar-refractivity contribution is -0.118. The van der Waals surface area contributed by atoms with Crippen LogP contribution in [0.25, 0.3) is 10.2 Å². The molecule has 1 aliphatic heterocycles. The average Bonchev–Trinajstić information content (AvgIpc) is 3.00. The van der Waals surface area contributed by atoms with Gasteiger partial charge < -0.3 is 10.1 Å². The lowest BCUT2D eigenvalue weighted by Crippen LogP contribution is -2.35. The van der Waals surface area contributed by atoms with Gasteiger partial charge in [-0.15, -0.1) is 12.4 Å². The number of rotatable bonds is 3. The van der Waals surface area contributed by atoms with Crippen molar-refractivity contribution < 1.29 is 18.3 Å². The number of hydrogen-bond donors (Lipinski definition) is 2. The quantitative estimate of drug-likeness (QED) is 0.894. The Morgan fingerprint density at radius 2 is 2.32 bits per heavy atom. The van der Waals surface area contributed by atoms with Crippen LogP contribution in [0.1, 0.15) is 6.42 Å². The van der Waals surface area contributed by atoms with Gasteiger partial charge in [0.2, 0.25) is 5.91 Å². The minimum atomic E-state index is -2.83. The van der Waals surface area contributed by atoms with Crippen LogP contribution in [-0.2, 0) is 4.79 Å². The molecular weight excluding hydrogens is 336 g/mol. The Labute approximate surface area is 135 Å². The summed E-state index contributed by atoms with van der Waals surface area (Å²) in [5.74, 6) is -2.62. The molecule has 22 heavy (non-hydrogen) atoms. The van der Waals surface area contributed by atoms with Gasteiger partial charge in [-0.05, 0) is 18.2 Å². The molecule has 2 N–H and O–H groups in total. The van der Waals surface area contributed by atoms with Crippen molar-refractivity contribution in [3.8, 4) is 5.75 Å². The summed E-state index contributed by atoms with van der Waals surface area (Å²) in [5.41, 5.74) is 0.723. The van der Waals surface area contributed by atoms with Gasteiger partial charge in [-0.1, -0.05) is 11.3 Å². The van der Waals surface area contributed by atoms with Gasteiger partial charge in [-0.25, -0.2) is 13.8 Å². The second-order valence-electron chi connectivity index (χ2n) is 4.84. The van der Waals surface area contributed by atoms with E-state index in [9.17, 15) is 13.6 Å². The predicted octanol–water partition coefficient (Wildman–Crippen LogP) is 2.66. The zero-order valence-corrected chi connectivity index (χ0v) is 13.2. The van der Waals surface area contributed by atoms with E-state index < -0.39 is 30.8 Å². The number of nitrogens with zero attached hydrogens (tertiary/aromatic N) is 1. The minimum Gasteiger partial charge on any atom is -0.497 e. The number of amides is 1. The molecule has 9 heteroatoms. The number of fused-ring (bicyclic) bond motifs is 1. The monoisotopic (exact) mass is 349 g/mol. The van der Waals surface area contributed by atoms with E-state index in [1.165, 1.54) is 11.3 Å². The summed E-state index contributed by atoms with van der Waals surface area (Å²) in [5, 5.41) is 5.48. The smallest absolute Gasteiger partial charge is 0.262 e. The molecule has 0 radical (unpaired) electrons. The number of carbonyl (C=O) groups is 1. The summed E-state index contributed by atoms with van der Waals surface area (Å²) in [7, 11) is 1.57. The van der Waals surface area contributed by atoms with E-state index in [-0.39, 0.29) is 12.4 Å². The molecular formula is C13H14ClF2N3O2S. The molecule has 0 spiro atoms. The number of hydrogen-bond acceptors (Lipinski definition) is 5. The Hall–Kier alpha value is -1.51. The molecule has 2 heterocycles. The topological polar surface area (TPSA) is 63.2 Å². The third-order valence-corrected chi connectivity index (χ3v) is 4.19. The van der Waals surface area contributed by atoms with Gasteiger partial charge in [0.25, 0.3) is 5.92 Å². The summed E-state index contributed by atoms with van der Waals surface area (Å²) >= 11 is 1.28. The standard InChI is InChI=1S/C13H13F2N3O2S.ClH/c1-20-7-2-3-8-10(4-7)21-12(17-8)18-11(19)9-5-13(14,15)6-16-9;/h2-4,9,16H,5-6H2,1H3,(H,17,18,19);1H. The lowest BCUT2D eigenvalue weighted by atomic mass is 10.2. The fourth-order valence-corrected chi connectivity index (χ4v) is 3.08. The Morgan fingerprint density at radius 3 is 2.95 bits per heavy atom. The Bertz CT molecular complexity index is 695. The van der Waals surface area contributed by atoms with Crippen molar-refractivity contribution in [3.63, 3.8) is 0 Å². The first-order valence-electron chi connectivity index (χ1n) is 6.33. The number of methoxy groups -OCH3 is 1. The Kier molecular flexibility index (Phi) is 4.84. The fraction of sp³-hybridized carbons (Fsp3) is 0.385. The average molecular weight is 350 g/mol. The summed E-state index contributed by atoms with van der Waals surface area (Å²) in [6.45, 7) is -0.470. The first kappa shape index (κ1) is 16.9. The van der Waals surface area contributed by atoms with Gasteiger partial charge in [-0.3, -0.25) is 10.1 Å². The van der Waals surface area contributed by atoms with Crippen molar-refractivity contribution in [1.29, 1.82) is 0 Å². The molecule has 120 valence electrons. The number of carbonyl (C=O) groups excluding carboxylic acids is 1. The number of thiazole rings is 1. The number of alkyl halides is 2. The highest BCUT2D eigenvalue weighted by Gasteiger charge is 2.42. The van der Waals surface area contributed by atoms with Crippen LogP contribution in [-0.4, -0.2) is 36.5 Å². The normalized spacial score (nSPS) is 19.7. The maximum absolute atomic E-state index is 13.1. The van der Waals surface area contributed by atoms with Crippen molar-refractivity contribution in [3.05, 3.63) is 18.2 Å². The number of anilines is 1. The largest absolute Gasteiger partial charge is 0.497 e. The van der Waals surface area contributed by atoms with Crippen LogP contribution < -0.4 is 15.4 Å². The second kappa shape index (κ2) is 6.31. The molecule has 0 bridgehead atoms. The van der Waals surface area contributed by atoms with Gasteiger partial charge in [0.05, 0.1) is 29.9 Å². The third-order valence-electron chi connectivity index (χ3n) is 3.25. The highest BCUT2D eigenvalue weighted by Crippen LogP contribution is 2.30. The van der Waals surface area contributed by atoms with Gasteiger partial charge in [0.1, 0.15) is 5.75 Å². The maximum atomic E-state index is 13.1. The number of nitrogens with one attached hydrogen (secondary N) is 2. The van der Waals surface area contributed by atoms with Crippen LogP contribution in [0.15, 0.2) is 18.2 Å². The van der Waals surface area contributed by atoms with Crippen LogP contribution in [0.2, 0.25) is 0 Å². The Balaban J connectivity index is 0.00000176. The first-order valence-corrected chi connectivity index (χ1v) is 7.15. The van der Waals surface area contributed by atoms with E-state index in [1.807, 2.05) is 6.07 Å². The predicted molar refractivity (Wildman–Crippen MR) is 83.4 cm³/mol. The van der Waals surface area contributed by atoms with Gasteiger partial charge >= 0.3 is 0 Å². The molecule has 0 saturated carbocycles. The lowest BCUT2D eigenvalue weighted by Gasteiger charge is -2.08. The van der Waals surface area contributed by atoms with Gasteiger partial charge in [0, 0.05) is 6.42 Å². The zero-order chi connectivity index (χ0) is 15.0. The number of aromatic nitrogens is 1. The molecule has 1 unspecified atom stereocenters. The van der Waals surface area contributed by atoms with E-state index in [0.29, 0.717) is 10.9 Å². The molecule has 1 aromatic heterocycles. The summed E-state index contributed by atoms with van der Waals surface area (Å²) in [6, 6.07) is 4.47. The Morgan fingerprint density at radius 1 is 1.55 bits per heavy atom. The fourth-order valence-electron chi connectivity index (χ4n) is 2.18. The first-order chi connectivity index (χ1) is 9.97. The molecule has 3 rings (SSSR count). The molecule has 1 aromatic carbocycles. The molecule has 1 aliphatic rings.